The van der Waals surface area contributed by atoms with Crippen LogP contribution in [0.1, 0.15) is 30.5 Å². The molecule has 3 rings (SSSR count). The lowest BCUT2D eigenvalue weighted by atomic mass is 10.1. The second-order valence-corrected chi connectivity index (χ2v) is 9.94. The monoisotopic (exact) mass is 658 g/mol. The zero-order valence-corrected chi connectivity index (χ0v) is 24.8. The smallest absolute Gasteiger partial charge is 0.329 e. The largest absolute Gasteiger partial charge is 0.490 e. The van der Waals surface area contributed by atoms with Crippen molar-refractivity contribution in [1.29, 1.82) is 0 Å². The van der Waals surface area contributed by atoms with Crippen molar-refractivity contribution in [3.05, 3.63) is 80.2 Å². The Balaban J connectivity index is 1.62. The van der Waals surface area contributed by atoms with Crippen LogP contribution in [0.3, 0.4) is 0 Å². The number of carbonyl (C=O) groups is 3. The van der Waals surface area contributed by atoms with Crippen molar-refractivity contribution in [2.24, 2.45) is 5.10 Å². The lowest BCUT2D eigenvalue weighted by molar-refractivity contribution is -0.136. The molecule has 0 unspecified atom stereocenters. The molecule has 0 atom stereocenters. The summed E-state index contributed by atoms with van der Waals surface area (Å²) in [6.07, 6.45) is 2.08. The summed E-state index contributed by atoms with van der Waals surface area (Å²) in [5.74, 6) is -1.35. The molecule has 3 aromatic carbocycles. The molecule has 0 radical (unpaired) electrons. The Morgan fingerprint density at radius 1 is 0.923 bits per heavy atom. The van der Waals surface area contributed by atoms with Crippen molar-refractivity contribution in [2.45, 2.75) is 27.2 Å². The number of benzene rings is 3. The molecule has 39 heavy (non-hydrogen) atoms. The molecule has 9 nitrogen and oxygen atoms in total. The van der Waals surface area contributed by atoms with Gasteiger partial charge in [0.1, 0.15) is 0 Å². The van der Waals surface area contributed by atoms with Crippen LogP contribution >= 0.6 is 31.9 Å². The number of halogens is 2. The molecule has 3 aromatic rings. The summed E-state index contributed by atoms with van der Waals surface area (Å²) >= 11 is 6.88. The maximum atomic E-state index is 12.4. The maximum absolute atomic E-state index is 12.4. The van der Waals surface area contributed by atoms with Gasteiger partial charge in [0.05, 0.1) is 17.3 Å². The third-order valence-corrected chi connectivity index (χ3v) is 6.83. The van der Waals surface area contributed by atoms with Crippen LogP contribution in [-0.4, -0.2) is 37.1 Å². The van der Waals surface area contributed by atoms with Gasteiger partial charge >= 0.3 is 11.8 Å². The lowest BCUT2D eigenvalue weighted by Gasteiger charge is -2.15. The van der Waals surface area contributed by atoms with E-state index in [0.29, 0.717) is 45.9 Å². The molecule has 204 valence electrons. The molecule has 0 bridgehead atoms. The molecule has 0 saturated carbocycles. The first kappa shape index (κ1) is 29.9. The Kier molecular flexibility index (Phi) is 11.1. The first-order chi connectivity index (χ1) is 18.7. The van der Waals surface area contributed by atoms with Crippen LogP contribution < -0.4 is 25.5 Å². The van der Waals surface area contributed by atoms with Crippen LogP contribution in [-0.2, 0) is 20.8 Å². The fourth-order valence-corrected chi connectivity index (χ4v) is 4.29. The average molecular weight is 660 g/mol. The van der Waals surface area contributed by atoms with Crippen LogP contribution in [0.4, 0.5) is 11.4 Å². The van der Waals surface area contributed by atoms with Gasteiger partial charge in [0.15, 0.2) is 18.1 Å². The number of para-hydroxylation sites is 1. The summed E-state index contributed by atoms with van der Waals surface area (Å²) in [7, 11) is 0. The molecule has 3 amide bonds. The summed E-state index contributed by atoms with van der Waals surface area (Å²) in [5.41, 5.74) is 5.92. The minimum Gasteiger partial charge on any atom is -0.490 e. The molecule has 0 saturated heterocycles. The molecular formula is C28H28Br2N4O5. The molecule has 0 aliphatic heterocycles. The van der Waals surface area contributed by atoms with Crippen molar-refractivity contribution in [2.75, 3.05) is 23.8 Å². The second-order valence-electron chi connectivity index (χ2n) is 8.23. The van der Waals surface area contributed by atoms with E-state index in [1.165, 1.54) is 6.21 Å². The number of hydrogen-bond acceptors (Lipinski definition) is 6. The van der Waals surface area contributed by atoms with E-state index in [0.717, 1.165) is 15.6 Å². The Morgan fingerprint density at radius 3 is 2.41 bits per heavy atom. The average Bonchev–Trinajstić information content (AvgIpc) is 2.90. The van der Waals surface area contributed by atoms with Crippen molar-refractivity contribution < 1.29 is 23.9 Å². The molecular weight excluding hydrogens is 632 g/mol. The quantitative estimate of drug-likeness (QED) is 0.149. The van der Waals surface area contributed by atoms with Gasteiger partial charge in [-0.1, -0.05) is 41.1 Å². The topological polar surface area (TPSA) is 118 Å². The SMILES string of the molecule is CCOc1cc(/C=N\NC(=O)C(=O)Nc2ccccc2CC)cc(Br)c1OCC(=O)Nc1ccc(Br)c(C)c1. The van der Waals surface area contributed by atoms with Gasteiger partial charge in [-0.05, 0) is 89.3 Å². The molecule has 0 aliphatic carbocycles. The molecule has 0 aromatic heterocycles. The number of nitrogens with zero attached hydrogens (tertiary/aromatic N) is 1. The highest BCUT2D eigenvalue weighted by atomic mass is 79.9. The summed E-state index contributed by atoms with van der Waals surface area (Å²) < 4.78 is 12.9. The Labute approximate surface area is 243 Å². The number of nitrogens with one attached hydrogen (secondary N) is 3. The molecule has 11 heteroatoms. The highest BCUT2D eigenvalue weighted by molar-refractivity contribution is 9.10. The molecule has 0 aliphatic rings. The van der Waals surface area contributed by atoms with Crippen molar-refractivity contribution >= 4 is 67.2 Å². The van der Waals surface area contributed by atoms with Gasteiger partial charge in [-0.3, -0.25) is 14.4 Å². The van der Waals surface area contributed by atoms with Gasteiger partial charge in [-0.25, -0.2) is 5.43 Å². The molecule has 0 fully saturated rings. The number of amides is 3. The first-order valence-electron chi connectivity index (χ1n) is 12.1. The summed E-state index contributed by atoms with van der Waals surface area (Å²) in [4.78, 5) is 36.9. The van der Waals surface area contributed by atoms with Crippen LogP contribution in [0, 0.1) is 6.92 Å². The minimum absolute atomic E-state index is 0.243. The number of ether oxygens (including phenoxy) is 2. The van der Waals surface area contributed by atoms with E-state index in [4.69, 9.17) is 9.47 Å². The molecule has 0 heterocycles. The van der Waals surface area contributed by atoms with Crippen molar-refractivity contribution in [3.63, 3.8) is 0 Å². The zero-order chi connectivity index (χ0) is 28.4. The van der Waals surface area contributed by atoms with Gasteiger partial charge in [-0.2, -0.15) is 5.10 Å². The van der Waals surface area contributed by atoms with Crippen LogP contribution in [0.25, 0.3) is 0 Å². The van der Waals surface area contributed by atoms with Crippen LogP contribution in [0.5, 0.6) is 11.5 Å². The summed E-state index contributed by atoms with van der Waals surface area (Å²) in [6, 6.07) is 16.1. The number of hydrazone groups is 1. The van der Waals surface area contributed by atoms with E-state index in [-0.39, 0.29) is 12.5 Å². The lowest BCUT2D eigenvalue weighted by Crippen LogP contribution is -2.32. The second kappa shape index (κ2) is 14.5. The predicted octanol–water partition coefficient (Wildman–Crippen LogP) is 5.59. The standard InChI is InChI=1S/C28H28Br2N4O5/c1-4-19-8-6-7-9-23(19)33-27(36)28(37)34-31-15-18-13-22(30)26(24(14-18)38-5-2)39-16-25(35)32-20-10-11-21(29)17(3)12-20/h6-15H,4-5,16H2,1-3H3,(H,32,35)(H,33,36)(H,34,37)/b31-15-. The number of aryl methyl sites for hydroxylation is 2. The predicted molar refractivity (Wildman–Crippen MR) is 159 cm³/mol. The van der Waals surface area contributed by atoms with Crippen molar-refractivity contribution in [1.82, 2.24) is 5.43 Å². The highest BCUT2D eigenvalue weighted by Crippen LogP contribution is 2.36. The van der Waals surface area contributed by atoms with E-state index >= 15 is 0 Å². The van der Waals surface area contributed by atoms with E-state index in [2.05, 4.69) is 53.0 Å². The zero-order valence-electron chi connectivity index (χ0n) is 21.6. The number of hydrogen-bond donors (Lipinski definition) is 3. The summed E-state index contributed by atoms with van der Waals surface area (Å²) in [5, 5.41) is 9.27. The third kappa shape index (κ3) is 8.66. The van der Waals surface area contributed by atoms with Gasteiger partial charge in [0, 0.05) is 15.8 Å². The van der Waals surface area contributed by atoms with Crippen molar-refractivity contribution in [3.8, 4) is 11.5 Å². The highest BCUT2D eigenvalue weighted by Gasteiger charge is 2.16. The van der Waals surface area contributed by atoms with E-state index in [1.807, 2.05) is 45.0 Å². The normalized spacial score (nSPS) is 10.7. The van der Waals surface area contributed by atoms with Gasteiger partial charge in [0.25, 0.3) is 5.91 Å². The minimum atomic E-state index is -0.909. The molecule has 3 N–H and O–H groups in total. The third-order valence-electron chi connectivity index (χ3n) is 5.35. The van der Waals surface area contributed by atoms with Gasteiger partial charge < -0.3 is 20.1 Å². The fourth-order valence-electron chi connectivity index (χ4n) is 3.47. The molecule has 0 spiro atoms. The number of carbonyl (C=O) groups excluding carboxylic acids is 3. The van der Waals surface area contributed by atoms with E-state index < -0.39 is 11.8 Å². The Morgan fingerprint density at radius 2 is 1.69 bits per heavy atom. The summed E-state index contributed by atoms with van der Waals surface area (Å²) in [6.45, 7) is 5.81. The first-order valence-corrected chi connectivity index (χ1v) is 13.7. The van der Waals surface area contributed by atoms with Crippen LogP contribution in [0.2, 0.25) is 0 Å². The van der Waals surface area contributed by atoms with Crippen LogP contribution in [0.15, 0.2) is 68.6 Å². The number of rotatable bonds is 10. The Hall–Kier alpha value is -3.70. The fraction of sp³-hybridized carbons (Fsp3) is 0.214. The van der Waals surface area contributed by atoms with E-state index in [9.17, 15) is 14.4 Å². The number of anilines is 2. The van der Waals surface area contributed by atoms with Gasteiger partial charge in [-0.15, -0.1) is 0 Å². The maximum Gasteiger partial charge on any atom is 0.329 e. The van der Waals surface area contributed by atoms with E-state index in [1.54, 1.807) is 30.3 Å². The Bertz CT molecular complexity index is 1390. The van der Waals surface area contributed by atoms with Gasteiger partial charge in [0.2, 0.25) is 0 Å².